The first-order chi connectivity index (χ1) is 4.98. The molecule has 1 rings (SSSR count). The normalized spacial score (nSPS) is 41.7. The van der Waals surface area contributed by atoms with Crippen LogP contribution < -0.4 is 5.32 Å². The Balaban J connectivity index is 2.71. The minimum atomic E-state index is 0.516. The molecule has 0 amide bonds. The third-order valence-electron chi connectivity index (χ3n) is 4.11. The fraction of sp³-hybridized carbons (Fsp3) is 1.00. The summed E-state index contributed by atoms with van der Waals surface area (Å²) in [6, 6.07) is 0.738. The molecule has 1 N–H and O–H groups in total. The van der Waals surface area contributed by atoms with Crippen molar-refractivity contribution in [3.05, 3.63) is 0 Å². The molecule has 1 fully saturated rings. The van der Waals surface area contributed by atoms with Gasteiger partial charge in [0.1, 0.15) is 0 Å². The van der Waals surface area contributed by atoms with Crippen LogP contribution in [0.25, 0.3) is 0 Å². The Morgan fingerprint density at radius 1 is 1.36 bits per heavy atom. The molecular formula is C10H21N. The van der Waals surface area contributed by atoms with Crippen molar-refractivity contribution in [3.63, 3.8) is 0 Å². The SMILES string of the molecule is CCC1(C)C(NC)CC1(C)C. The van der Waals surface area contributed by atoms with Gasteiger partial charge in [0, 0.05) is 6.04 Å². The summed E-state index contributed by atoms with van der Waals surface area (Å²) in [7, 11) is 2.08. The maximum absolute atomic E-state index is 3.40. The third kappa shape index (κ3) is 1.01. The summed E-state index contributed by atoms with van der Waals surface area (Å²) in [5.74, 6) is 0. The van der Waals surface area contributed by atoms with E-state index in [0.29, 0.717) is 10.8 Å². The zero-order chi connectivity index (χ0) is 8.70. The second-order valence-electron chi connectivity index (χ2n) is 4.70. The smallest absolute Gasteiger partial charge is 0.0128 e. The molecule has 2 atom stereocenters. The number of hydrogen-bond donors (Lipinski definition) is 1. The van der Waals surface area contributed by atoms with Crippen LogP contribution >= 0.6 is 0 Å². The molecule has 0 aromatic rings. The van der Waals surface area contributed by atoms with Crippen LogP contribution in [0.4, 0.5) is 0 Å². The summed E-state index contributed by atoms with van der Waals surface area (Å²) in [4.78, 5) is 0. The number of hydrogen-bond acceptors (Lipinski definition) is 1. The van der Waals surface area contributed by atoms with Gasteiger partial charge in [-0.25, -0.2) is 0 Å². The van der Waals surface area contributed by atoms with E-state index < -0.39 is 0 Å². The van der Waals surface area contributed by atoms with E-state index in [-0.39, 0.29) is 0 Å². The van der Waals surface area contributed by atoms with Crippen molar-refractivity contribution in [3.8, 4) is 0 Å². The molecule has 1 heteroatoms. The lowest BCUT2D eigenvalue weighted by molar-refractivity contribution is -0.0772. The molecule has 0 aromatic carbocycles. The quantitative estimate of drug-likeness (QED) is 0.645. The fourth-order valence-corrected chi connectivity index (χ4v) is 2.45. The van der Waals surface area contributed by atoms with Gasteiger partial charge in [0.15, 0.2) is 0 Å². The minimum Gasteiger partial charge on any atom is -0.316 e. The van der Waals surface area contributed by atoms with Gasteiger partial charge in [0.2, 0.25) is 0 Å². The molecule has 0 aliphatic heterocycles. The first-order valence-corrected chi connectivity index (χ1v) is 4.65. The standard InChI is InChI=1S/C10H21N/c1-6-10(4)8(11-5)7-9(10,2)3/h8,11H,6-7H2,1-5H3. The molecule has 0 radical (unpaired) electrons. The Labute approximate surface area is 70.6 Å². The molecule has 66 valence electrons. The molecule has 0 saturated heterocycles. The lowest BCUT2D eigenvalue weighted by atomic mass is 9.48. The van der Waals surface area contributed by atoms with Crippen LogP contribution in [0.3, 0.4) is 0 Å². The summed E-state index contributed by atoms with van der Waals surface area (Å²) in [6.45, 7) is 9.46. The average molecular weight is 155 g/mol. The first-order valence-electron chi connectivity index (χ1n) is 4.65. The van der Waals surface area contributed by atoms with E-state index >= 15 is 0 Å². The molecule has 0 spiro atoms. The van der Waals surface area contributed by atoms with Crippen molar-refractivity contribution in [2.24, 2.45) is 10.8 Å². The highest BCUT2D eigenvalue weighted by molar-refractivity contribution is 5.08. The third-order valence-corrected chi connectivity index (χ3v) is 4.11. The molecule has 1 nitrogen and oxygen atoms in total. The van der Waals surface area contributed by atoms with Gasteiger partial charge in [-0.2, -0.15) is 0 Å². The predicted octanol–water partition coefficient (Wildman–Crippen LogP) is 2.42. The van der Waals surface area contributed by atoms with Crippen molar-refractivity contribution >= 4 is 0 Å². The second kappa shape index (κ2) is 2.48. The molecule has 0 bridgehead atoms. The predicted molar refractivity (Wildman–Crippen MR) is 49.6 cm³/mol. The van der Waals surface area contributed by atoms with Gasteiger partial charge in [-0.05, 0) is 30.7 Å². The van der Waals surface area contributed by atoms with Crippen LogP contribution in [-0.2, 0) is 0 Å². The Bertz CT molecular complexity index is 151. The highest BCUT2D eigenvalue weighted by atomic mass is 14.9. The summed E-state index contributed by atoms with van der Waals surface area (Å²) in [5, 5.41) is 3.40. The van der Waals surface area contributed by atoms with Gasteiger partial charge in [-0.1, -0.05) is 27.7 Å². The van der Waals surface area contributed by atoms with E-state index in [1.807, 2.05) is 0 Å². The number of rotatable bonds is 2. The summed E-state index contributed by atoms with van der Waals surface area (Å²) in [6.07, 6.45) is 2.61. The van der Waals surface area contributed by atoms with Crippen molar-refractivity contribution < 1.29 is 0 Å². The van der Waals surface area contributed by atoms with Crippen LogP contribution in [0.2, 0.25) is 0 Å². The molecule has 11 heavy (non-hydrogen) atoms. The monoisotopic (exact) mass is 155 g/mol. The molecular weight excluding hydrogens is 134 g/mol. The van der Waals surface area contributed by atoms with Gasteiger partial charge < -0.3 is 5.32 Å². The van der Waals surface area contributed by atoms with Gasteiger partial charge >= 0.3 is 0 Å². The Kier molecular flexibility index (Phi) is 2.04. The van der Waals surface area contributed by atoms with E-state index in [1.165, 1.54) is 12.8 Å². The maximum Gasteiger partial charge on any atom is 0.0128 e. The van der Waals surface area contributed by atoms with Gasteiger partial charge in [0.25, 0.3) is 0 Å². The second-order valence-corrected chi connectivity index (χ2v) is 4.70. The summed E-state index contributed by atoms with van der Waals surface area (Å²) in [5.41, 5.74) is 1.05. The van der Waals surface area contributed by atoms with Crippen molar-refractivity contribution in [1.29, 1.82) is 0 Å². The number of nitrogens with one attached hydrogen (secondary N) is 1. The highest BCUT2D eigenvalue weighted by Crippen LogP contribution is 2.57. The Morgan fingerprint density at radius 3 is 2.09 bits per heavy atom. The van der Waals surface area contributed by atoms with Crippen LogP contribution in [-0.4, -0.2) is 13.1 Å². The molecule has 2 unspecified atom stereocenters. The zero-order valence-electron chi connectivity index (χ0n) is 8.49. The lowest BCUT2D eigenvalue weighted by Crippen LogP contribution is -2.61. The minimum absolute atomic E-state index is 0.516. The van der Waals surface area contributed by atoms with E-state index in [2.05, 4.69) is 40.1 Å². The first kappa shape index (κ1) is 9.05. The molecule has 0 aromatic heterocycles. The lowest BCUT2D eigenvalue weighted by Gasteiger charge is -2.60. The van der Waals surface area contributed by atoms with E-state index in [4.69, 9.17) is 0 Å². The zero-order valence-corrected chi connectivity index (χ0v) is 8.49. The van der Waals surface area contributed by atoms with Crippen LogP contribution in [0.15, 0.2) is 0 Å². The topological polar surface area (TPSA) is 12.0 Å². The Morgan fingerprint density at radius 2 is 1.91 bits per heavy atom. The largest absolute Gasteiger partial charge is 0.316 e. The highest BCUT2D eigenvalue weighted by Gasteiger charge is 2.54. The van der Waals surface area contributed by atoms with E-state index in [9.17, 15) is 0 Å². The molecule has 1 saturated carbocycles. The van der Waals surface area contributed by atoms with E-state index in [1.54, 1.807) is 0 Å². The van der Waals surface area contributed by atoms with Crippen molar-refractivity contribution in [2.45, 2.75) is 46.6 Å². The summed E-state index contributed by atoms with van der Waals surface area (Å²) < 4.78 is 0. The fourth-order valence-electron chi connectivity index (χ4n) is 2.45. The van der Waals surface area contributed by atoms with Gasteiger partial charge in [-0.3, -0.25) is 0 Å². The maximum atomic E-state index is 3.40. The molecule has 0 heterocycles. The van der Waals surface area contributed by atoms with Crippen molar-refractivity contribution in [1.82, 2.24) is 5.32 Å². The summed E-state index contributed by atoms with van der Waals surface area (Å²) >= 11 is 0. The molecule has 1 aliphatic carbocycles. The van der Waals surface area contributed by atoms with Crippen LogP contribution in [0, 0.1) is 10.8 Å². The van der Waals surface area contributed by atoms with Gasteiger partial charge in [-0.15, -0.1) is 0 Å². The van der Waals surface area contributed by atoms with E-state index in [0.717, 1.165) is 6.04 Å². The average Bonchev–Trinajstić information content (AvgIpc) is 1.98. The Hall–Kier alpha value is -0.0400. The van der Waals surface area contributed by atoms with Crippen LogP contribution in [0.5, 0.6) is 0 Å². The molecule has 1 aliphatic rings. The van der Waals surface area contributed by atoms with Gasteiger partial charge in [0.05, 0.1) is 0 Å². The van der Waals surface area contributed by atoms with Crippen LogP contribution in [0.1, 0.15) is 40.5 Å². The van der Waals surface area contributed by atoms with Crippen molar-refractivity contribution in [2.75, 3.05) is 7.05 Å².